The van der Waals surface area contributed by atoms with Crippen LogP contribution in [0.25, 0.3) is 0 Å². The normalized spacial score (nSPS) is 14.1. The number of thioether (sulfide) groups is 1. The van der Waals surface area contributed by atoms with Gasteiger partial charge in [-0.05, 0) is 36.2 Å². The van der Waals surface area contributed by atoms with E-state index in [0.29, 0.717) is 43.2 Å². The van der Waals surface area contributed by atoms with Crippen molar-refractivity contribution >= 4 is 23.6 Å². The second-order valence-electron chi connectivity index (χ2n) is 6.71. The number of piperazine rings is 1. The van der Waals surface area contributed by atoms with Crippen molar-refractivity contribution in [1.82, 2.24) is 14.8 Å². The summed E-state index contributed by atoms with van der Waals surface area (Å²) in [7, 11) is 1.60. The van der Waals surface area contributed by atoms with Crippen molar-refractivity contribution in [2.75, 3.05) is 39.0 Å². The van der Waals surface area contributed by atoms with Crippen molar-refractivity contribution in [2.45, 2.75) is 12.7 Å². The maximum absolute atomic E-state index is 12.7. The van der Waals surface area contributed by atoms with Crippen molar-refractivity contribution in [3.8, 4) is 5.75 Å². The highest BCUT2D eigenvalue weighted by Crippen LogP contribution is 2.20. The van der Waals surface area contributed by atoms with Gasteiger partial charge in [0.25, 0.3) is 5.91 Å². The Morgan fingerprint density at radius 3 is 2.57 bits per heavy atom. The summed E-state index contributed by atoms with van der Waals surface area (Å²) in [5.41, 5.74) is 2.73. The van der Waals surface area contributed by atoms with Crippen LogP contribution in [0.5, 0.6) is 5.75 Å². The number of hydrogen-bond donors (Lipinski definition) is 0. The topological polar surface area (TPSA) is 62.7 Å². The molecule has 0 radical (unpaired) electrons. The van der Waals surface area contributed by atoms with Gasteiger partial charge in [0.2, 0.25) is 5.91 Å². The largest absolute Gasteiger partial charge is 0.496 e. The molecule has 1 aliphatic heterocycles. The standard InChI is InChI=1S/C21H25N3O3S/c1-16-5-6-18(12-19(16)27-2)21(26)24-10-8-23(9-11-24)20(25)15-28-14-17-4-3-7-22-13-17/h3-7,12-13H,8-11,14-15H2,1-2H3. The zero-order valence-corrected chi connectivity index (χ0v) is 17.1. The highest BCUT2D eigenvalue weighted by molar-refractivity contribution is 7.99. The van der Waals surface area contributed by atoms with Gasteiger partial charge in [0.05, 0.1) is 12.9 Å². The number of hydrogen-bond acceptors (Lipinski definition) is 5. The zero-order valence-electron chi connectivity index (χ0n) is 16.3. The molecule has 3 rings (SSSR count). The van der Waals surface area contributed by atoms with E-state index in [9.17, 15) is 9.59 Å². The molecule has 1 fully saturated rings. The van der Waals surface area contributed by atoms with Gasteiger partial charge in [0.1, 0.15) is 5.75 Å². The molecular weight excluding hydrogens is 374 g/mol. The van der Waals surface area contributed by atoms with Crippen molar-refractivity contribution in [1.29, 1.82) is 0 Å². The van der Waals surface area contributed by atoms with Crippen LogP contribution in [0.15, 0.2) is 42.7 Å². The van der Waals surface area contributed by atoms with Gasteiger partial charge in [-0.2, -0.15) is 0 Å². The average Bonchev–Trinajstić information content (AvgIpc) is 2.74. The van der Waals surface area contributed by atoms with Crippen LogP contribution in [0.3, 0.4) is 0 Å². The lowest BCUT2D eigenvalue weighted by molar-refractivity contribution is -0.129. The number of amides is 2. The molecule has 2 heterocycles. The number of pyridine rings is 1. The molecule has 1 aromatic heterocycles. The first-order chi connectivity index (χ1) is 13.6. The van der Waals surface area contributed by atoms with E-state index >= 15 is 0 Å². The molecule has 1 saturated heterocycles. The molecule has 1 aromatic carbocycles. The number of nitrogens with zero attached hydrogens (tertiary/aromatic N) is 3. The van der Waals surface area contributed by atoms with Gasteiger partial charge in [-0.1, -0.05) is 12.1 Å². The molecule has 6 nitrogen and oxygen atoms in total. The molecule has 0 aliphatic carbocycles. The fourth-order valence-corrected chi connectivity index (χ4v) is 3.99. The van der Waals surface area contributed by atoms with Crippen LogP contribution in [0.2, 0.25) is 0 Å². The minimum Gasteiger partial charge on any atom is -0.496 e. The molecule has 1 aliphatic rings. The molecule has 7 heteroatoms. The molecule has 28 heavy (non-hydrogen) atoms. The Labute approximate surface area is 169 Å². The molecule has 0 spiro atoms. The number of carbonyl (C=O) groups excluding carboxylic acids is 2. The van der Waals surface area contributed by atoms with E-state index < -0.39 is 0 Å². The number of benzene rings is 1. The lowest BCUT2D eigenvalue weighted by Gasteiger charge is -2.35. The van der Waals surface area contributed by atoms with Gasteiger partial charge in [-0.25, -0.2) is 0 Å². The Morgan fingerprint density at radius 1 is 1.14 bits per heavy atom. The van der Waals surface area contributed by atoms with E-state index in [4.69, 9.17) is 4.74 Å². The Kier molecular flexibility index (Phi) is 6.92. The zero-order chi connectivity index (χ0) is 19.9. The SMILES string of the molecule is COc1cc(C(=O)N2CCN(C(=O)CSCc3cccnc3)CC2)ccc1C. The van der Waals surface area contributed by atoms with Crippen LogP contribution >= 0.6 is 11.8 Å². The molecule has 0 saturated carbocycles. The van der Waals surface area contributed by atoms with Crippen LogP contribution in [-0.2, 0) is 10.5 Å². The lowest BCUT2D eigenvalue weighted by atomic mass is 10.1. The number of aryl methyl sites for hydroxylation is 1. The van der Waals surface area contributed by atoms with Crippen molar-refractivity contribution in [3.63, 3.8) is 0 Å². The smallest absolute Gasteiger partial charge is 0.254 e. The van der Waals surface area contributed by atoms with Gasteiger partial charge in [-0.15, -0.1) is 11.8 Å². The monoisotopic (exact) mass is 399 g/mol. The van der Waals surface area contributed by atoms with E-state index in [2.05, 4.69) is 4.98 Å². The number of aromatic nitrogens is 1. The summed E-state index contributed by atoms with van der Waals surface area (Å²) in [6.07, 6.45) is 3.56. The molecule has 148 valence electrons. The van der Waals surface area contributed by atoms with Crippen molar-refractivity contribution < 1.29 is 14.3 Å². The van der Waals surface area contributed by atoms with E-state index in [-0.39, 0.29) is 11.8 Å². The highest BCUT2D eigenvalue weighted by Gasteiger charge is 2.25. The van der Waals surface area contributed by atoms with E-state index in [0.717, 1.165) is 16.9 Å². The average molecular weight is 400 g/mol. The summed E-state index contributed by atoms with van der Waals surface area (Å²) in [5, 5.41) is 0. The van der Waals surface area contributed by atoms with Crippen LogP contribution in [0.4, 0.5) is 0 Å². The third kappa shape index (κ3) is 5.04. The van der Waals surface area contributed by atoms with Gasteiger partial charge >= 0.3 is 0 Å². The Bertz CT molecular complexity index is 821. The van der Waals surface area contributed by atoms with Gasteiger partial charge < -0.3 is 14.5 Å². The van der Waals surface area contributed by atoms with Crippen LogP contribution in [0, 0.1) is 6.92 Å². The Hall–Kier alpha value is -2.54. The predicted molar refractivity (Wildman–Crippen MR) is 111 cm³/mol. The predicted octanol–water partition coefficient (Wildman–Crippen LogP) is 2.62. The fraction of sp³-hybridized carbons (Fsp3) is 0.381. The molecule has 2 amide bonds. The second kappa shape index (κ2) is 9.59. The van der Waals surface area contributed by atoms with Gasteiger partial charge in [-0.3, -0.25) is 14.6 Å². The second-order valence-corrected chi connectivity index (χ2v) is 7.70. The molecule has 0 N–H and O–H groups in total. The quantitative estimate of drug-likeness (QED) is 0.747. The Morgan fingerprint density at radius 2 is 1.89 bits per heavy atom. The third-order valence-electron chi connectivity index (χ3n) is 4.79. The summed E-state index contributed by atoms with van der Waals surface area (Å²) in [6.45, 7) is 4.19. The van der Waals surface area contributed by atoms with Gasteiger partial charge in [0, 0.05) is 49.9 Å². The summed E-state index contributed by atoms with van der Waals surface area (Å²) in [6, 6.07) is 9.41. The van der Waals surface area contributed by atoms with E-state index in [1.165, 1.54) is 0 Å². The third-order valence-corrected chi connectivity index (χ3v) is 5.78. The number of carbonyl (C=O) groups is 2. The first-order valence-electron chi connectivity index (χ1n) is 9.27. The maximum atomic E-state index is 12.7. The number of methoxy groups -OCH3 is 1. The van der Waals surface area contributed by atoms with E-state index in [1.54, 1.807) is 36.0 Å². The van der Waals surface area contributed by atoms with Crippen LogP contribution < -0.4 is 4.74 Å². The molecule has 0 atom stereocenters. The van der Waals surface area contributed by atoms with Crippen LogP contribution in [-0.4, -0.2) is 65.6 Å². The molecule has 0 bridgehead atoms. The first-order valence-corrected chi connectivity index (χ1v) is 10.4. The summed E-state index contributed by atoms with van der Waals surface area (Å²) in [5.74, 6) is 2.03. The van der Waals surface area contributed by atoms with Gasteiger partial charge in [0.15, 0.2) is 0 Å². The Balaban J connectivity index is 1.47. The summed E-state index contributed by atoms with van der Waals surface area (Å²) in [4.78, 5) is 32.9. The number of rotatable bonds is 6. The molecule has 2 aromatic rings. The first kappa shape index (κ1) is 20.2. The molecular formula is C21H25N3O3S. The van der Waals surface area contributed by atoms with Crippen molar-refractivity contribution in [2.24, 2.45) is 0 Å². The summed E-state index contributed by atoms with van der Waals surface area (Å²) < 4.78 is 5.31. The van der Waals surface area contributed by atoms with Crippen molar-refractivity contribution in [3.05, 3.63) is 59.4 Å². The molecule has 0 unspecified atom stereocenters. The fourth-order valence-electron chi connectivity index (χ4n) is 3.13. The van der Waals surface area contributed by atoms with E-state index in [1.807, 2.05) is 42.3 Å². The van der Waals surface area contributed by atoms with Crippen LogP contribution in [0.1, 0.15) is 21.5 Å². The summed E-state index contributed by atoms with van der Waals surface area (Å²) >= 11 is 1.59. The minimum atomic E-state index is -0.0173. The maximum Gasteiger partial charge on any atom is 0.254 e. The lowest BCUT2D eigenvalue weighted by Crippen LogP contribution is -2.51. The number of ether oxygens (including phenoxy) is 1. The minimum absolute atomic E-state index is 0.0173. The highest BCUT2D eigenvalue weighted by atomic mass is 32.2.